The van der Waals surface area contributed by atoms with Crippen LogP contribution in [0.3, 0.4) is 0 Å². The van der Waals surface area contributed by atoms with Crippen molar-refractivity contribution in [1.29, 1.82) is 10.5 Å². The molecule has 12 heteroatoms. The summed E-state index contributed by atoms with van der Waals surface area (Å²) in [4.78, 5) is 12.3. The molecule has 0 saturated carbocycles. The molecule has 1 amide bonds. The number of aromatic nitrogens is 2. The second kappa shape index (κ2) is 9.70. The number of para-hydroxylation sites is 1. The molecule has 0 aliphatic heterocycles. The van der Waals surface area contributed by atoms with Crippen LogP contribution in [-0.2, 0) is 10.0 Å². The summed E-state index contributed by atoms with van der Waals surface area (Å²) in [5.41, 5.74) is 0.685. The standard InChI is InChI=1S/C20H16N6O5S/c1-30-17-5-3-2-4-16(17)19-24-25-20(31-19)23-18(27)14-6-8-15(9-7-14)32(28,29)26(12-10-21)13-11-22/h2-9H,12-13H2,1H3,(H,23,25,27). The second-order valence-corrected chi connectivity index (χ2v) is 8.12. The molecule has 0 atom stereocenters. The number of benzene rings is 2. The molecule has 3 aromatic rings. The van der Waals surface area contributed by atoms with Crippen LogP contribution in [0.5, 0.6) is 5.75 Å². The van der Waals surface area contributed by atoms with Crippen LogP contribution in [0.15, 0.2) is 57.8 Å². The molecule has 162 valence electrons. The maximum absolute atomic E-state index is 12.6. The summed E-state index contributed by atoms with van der Waals surface area (Å²) in [5.74, 6) is 0.0667. The minimum absolute atomic E-state index is 0.133. The molecule has 0 spiro atoms. The summed E-state index contributed by atoms with van der Waals surface area (Å²) in [7, 11) is -2.56. The highest BCUT2D eigenvalue weighted by molar-refractivity contribution is 7.89. The van der Waals surface area contributed by atoms with Crippen LogP contribution in [0.4, 0.5) is 6.01 Å². The highest BCUT2D eigenvalue weighted by Crippen LogP contribution is 2.29. The van der Waals surface area contributed by atoms with Crippen LogP contribution in [0.1, 0.15) is 10.4 Å². The van der Waals surface area contributed by atoms with E-state index < -0.39 is 29.0 Å². The number of carbonyl (C=O) groups is 1. The van der Waals surface area contributed by atoms with E-state index in [1.165, 1.54) is 31.4 Å². The number of rotatable bonds is 8. The summed E-state index contributed by atoms with van der Waals surface area (Å²) < 4.78 is 36.6. The van der Waals surface area contributed by atoms with Gasteiger partial charge in [-0.1, -0.05) is 17.2 Å². The molecule has 0 radical (unpaired) electrons. The van der Waals surface area contributed by atoms with Crippen molar-refractivity contribution in [1.82, 2.24) is 14.5 Å². The zero-order chi connectivity index (χ0) is 23.1. The van der Waals surface area contributed by atoms with Crippen molar-refractivity contribution in [2.24, 2.45) is 0 Å². The molecule has 1 heterocycles. The van der Waals surface area contributed by atoms with Gasteiger partial charge in [-0.2, -0.15) is 14.8 Å². The molecule has 0 aliphatic rings. The maximum atomic E-state index is 12.6. The lowest BCUT2D eigenvalue weighted by Crippen LogP contribution is -2.31. The average molecular weight is 452 g/mol. The number of hydrogen-bond acceptors (Lipinski definition) is 9. The third-order valence-electron chi connectivity index (χ3n) is 4.23. The summed E-state index contributed by atoms with van der Waals surface area (Å²) in [6, 6.07) is 15.3. The molecule has 0 unspecified atom stereocenters. The molecular formula is C20H16N6O5S. The van der Waals surface area contributed by atoms with Gasteiger partial charge in [0, 0.05) is 5.56 Å². The van der Waals surface area contributed by atoms with Crippen molar-refractivity contribution in [3.63, 3.8) is 0 Å². The average Bonchev–Trinajstić information content (AvgIpc) is 3.27. The first kappa shape index (κ1) is 22.4. The van der Waals surface area contributed by atoms with Crippen LogP contribution in [-0.4, -0.2) is 49.0 Å². The van der Waals surface area contributed by atoms with Crippen molar-refractivity contribution in [2.75, 3.05) is 25.5 Å². The van der Waals surface area contributed by atoms with E-state index in [1.807, 2.05) is 0 Å². The van der Waals surface area contributed by atoms with E-state index in [2.05, 4.69) is 15.5 Å². The Morgan fingerprint density at radius 1 is 1.09 bits per heavy atom. The van der Waals surface area contributed by atoms with Gasteiger partial charge in [0.05, 0.1) is 29.7 Å². The number of methoxy groups -OCH3 is 1. The van der Waals surface area contributed by atoms with Crippen LogP contribution in [0.25, 0.3) is 11.5 Å². The normalized spacial score (nSPS) is 10.9. The first-order chi connectivity index (χ1) is 15.4. The number of ether oxygens (including phenoxy) is 1. The molecule has 0 fully saturated rings. The second-order valence-electron chi connectivity index (χ2n) is 6.18. The van der Waals surface area contributed by atoms with Crippen molar-refractivity contribution in [2.45, 2.75) is 4.90 Å². The lowest BCUT2D eigenvalue weighted by Gasteiger charge is -2.15. The Morgan fingerprint density at radius 2 is 1.75 bits per heavy atom. The quantitative estimate of drug-likeness (QED) is 0.504. The topological polar surface area (TPSA) is 162 Å². The van der Waals surface area contributed by atoms with Gasteiger partial charge in [-0.3, -0.25) is 10.1 Å². The summed E-state index contributed by atoms with van der Waals surface area (Å²) >= 11 is 0. The first-order valence-electron chi connectivity index (χ1n) is 9.03. The van der Waals surface area contributed by atoms with Crippen molar-refractivity contribution in [3.8, 4) is 29.3 Å². The van der Waals surface area contributed by atoms with E-state index in [0.717, 1.165) is 4.31 Å². The highest BCUT2D eigenvalue weighted by atomic mass is 32.2. The Hall–Kier alpha value is -4.26. The van der Waals surface area contributed by atoms with E-state index >= 15 is 0 Å². The van der Waals surface area contributed by atoms with Crippen molar-refractivity contribution < 1.29 is 22.4 Å². The van der Waals surface area contributed by atoms with Gasteiger partial charge < -0.3 is 9.15 Å². The third kappa shape index (κ3) is 4.73. The molecule has 0 bridgehead atoms. The smallest absolute Gasteiger partial charge is 0.322 e. The fraction of sp³-hybridized carbons (Fsp3) is 0.150. The van der Waals surface area contributed by atoms with Gasteiger partial charge in [-0.15, -0.1) is 5.10 Å². The molecule has 1 aromatic heterocycles. The molecule has 32 heavy (non-hydrogen) atoms. The fourth-order valence-electron chi connectivity index (χ4n) is 2.68. The van der Waals surface area contributed by atoms with Gasteiger partial charge in [-0.05, 0) is 36.4 Å². The molecule has 3 rings (SSSR count). The molecule has 0 aliphatic carbocycles. The number of nitrogens with zero attached hydrogens (tertiary/aromatic N) is 5. The van der Waals surface area contributed by atoms with E-state index in [1.54, 1.807) is 36.4 Å². The summed E-state index contributed by atoms with van der Waals surface area (Å²) in [6.07, 6.45) is 0. The predicted octanol–water partition coefficient (Wildman–Crippen LogP) is 2.04. The molecule has 0 saturated heterocycles. The van der Waals surface area contributed by atoms with Gasteiger partial charge in [0.25, 0.3) is 11.8 Å². The number of nitrogens with one attached hydrogen (secondary N) is 1. The minimum atomic E-state index is -4.06. The minimum Gasteiger partial charge on any atom is -0.496 e. The third-order valence-corrected chi connectivity index (χ3v) is 6.04. The fourth-order valence-corrected chi connectivity index (χ4v) is 3.92. The number of amides is 1. The monoisotopic (exact) mass is 452 g/mol. The first-order valence-corrected chi connectivity index (χ1v) is 10.5. The largest absolute Gasteiger partial charge is 0.496 e. The SMILES string of the molecule is COc1ccccc1-c1nnc(NC(=O)c2ccc(S(=O)(=O)N(CC#N)CC#N)cc2)o1. The summed E-state index contributed by atoms with van der Waals surface area (Å²) in [5, 5.41) is 27.7. The highest BCUT2D eigenvalue weighted by Gasteiger charge is 2.24. The van der Waals surface area contributed by atoms with E-state index in [4.69, 9.17) is 19.7 Å². The lowest BCUT2D eigenvalue weighted by molar-refractivity contribution is 0.102. The number of nitriles is 2. The number of sulfonamides is 1. The Bertz CT molecular complexity index is 1290. The number of hydrogen-bond donors (Lipinski definition) is 1. The zero-order valence-electron chi connectivity index (χ0n) is 16.7. The summed E-state index contributed by atoms with van der Waals surface area (Å²) in [6.45, 7) is -0.937. The Balaban J connectivity index is 1.75. The van der Waals surface area contributed by atoms with Crippen LogP contribution in [0.2, 0.25) is 0 Å². The van der Waals surface area contributed by atoms with E-state index in [9.17, 15) is 13.2 Å². The Kier molecular flexibility index (Phi) is 6.80. The molecular weight excluding hydrogens is 436 g/mol. The van der Waals surface area contributed by atoms with Gasteiger partial charge >= 0.3 is 6.01 Å². The Labute approximate surface area is 183 Å². The molecule has 11 nitrogen and oxygen atoms in total. The van der Waals surface area contributed by atoms with Crippen LogP contribution < -0.4 is 10.1 Å². The van der Waals surface area contributed by atoms with Crippen LogP contribution >= 0.6 is 0 Å². The van der Waals surface area contributed by atoms with Gasteiger partial charge in [0.15, 0.2) is 0 Å². The number of anilines is 1. The van der Waals surface area contributed by atoms with Crippen molar-refractivity contribution in [3.05, 3.63) is 54.1 Å². The van der Waals surface area contributed by atoms with Crippen molar-refractivity contribution >= 4 is 21.9 Å². The zero-order valence-corrected chi connectivity index (χ0v) is 17.5. The lowest BCUT2D eigenvalue weighted by atomic mass is 10.2. The van der Waals surface area contributed by atoms with Crippen LogP contribution in [0, 0.1) is 22.7 Å². The molecule has 2 aromatic carbocycles. The van der Waals surface area contributed by atoms with Gasteiger partial charge in [-0.25, -0.2) is 8.42 Å². The van der Waals surface area contributed by atoms with E-state index in [-0.39, 0.29) is 22.4 Å². The number of carbonyl (C=O) groups excluding carboxylic acids is 1. The predicted molar refractivity (Wildman–Crippen MR) is 111 cm³/mol. The Morgan fingerprint density at radius 3 is 2.38 bits per heavy atom. The van der Waals surface area contributed by atoms with Gasteiger partial charge in [0.2, 0.25) is 10.0 Å². The van der Waals surface area contributed by atoms with E-state index in [0.29, 0.717) is 11.3 Å². The maximum Gasteiger partial charge on any atom is 0.322 e. The molecule has 1 N–H and O–H groups in total. The van der Waals surface area contributed by atoms with Gasteiger partial charge in [0.1, 0.15) is 18.8 Å².